The van der Waals surface area contributed by atoms with Crippen molar-refractivity contribution in [3.05, 3.63) is 286 Å². The Morgan fingerprint density at radius 1 is 0.276 bits per heavy atom. The van der Waals surface area contributed by atoms with Crippen molar-refractivity contribution in [3.8, 4) is 43.1 Å². The molecule has 0 amide bonds. The predicted molar refractivity (Wildman–Crippen MR) is 317 cm³/mol. The van der Waals surface area contributed by atoms with Crippen LogP contribution in [0, 0.1) is 0 Å². The van der Waals surface area contributed by atoms with Crippen molar-refractivity contribution in [2.45, 2.75) is 30.4 Å². The van der Waals surface area contributed by atoms with Crippen LogP contribution >= 0.6 is 46.2 Å². The van der Waals surface area contributed by atoms with Crippen LogP contribution in [0.3, 0.4) is 0 Å². The number of para-hydroxylation sites is 2. The van der Waals surface area contributed by atoms with E-state index in [0.29, 0.717) is 0 Å². The second-order valence-electron chi connectivity index (χ2n) is 20.1. The maximum atomic E-state index is 7.06. The summed E-state index contributed by atoms with van der Waals surface area (Å²) in [4.78, 5) is 10.1. The van der Waals surface area contributed by atoms with Crippen LogP contribution in [0.2, 0.25) is 0 Å². The van der Waals surface area contributed by atoms with Crippen LogP contribution in [0.4, 0.5) is 0 Å². The summed E-state index contributed by atoms with van der Waals surface area (Å²) in [5, 5.41) is 4.48. The molecule has 6 heteroatoms. The first-order chi connectivity index (χ1) is 37.6. The SMILES string of the molecule is c1ccc(-c2cc(-c3cc4c(s3)C3(c5ccccc5Sc5ccccc53)c3cc(-c5cc(-c6ccccc6)cc6c5oc5ccccc56)sc3C43c4ccccc4Sc4ccccc43)c3oc4ccccc4c3c2)cc1. The van der Waals surface area contributed by atoms with Gasteiger partial charge >= 0.3 is 0 Å². The van der Waals surface area contributed by atoms with E-state index in [9.17, 15) is 0 Å². The molecule has 1 aliphatic carbocycles. The largest absolute Gasteiger partial charge is 0.455 e. The van der Waals surface area contributed by atoms with Crippen LogP contribution < -0.4 is 0 Å². The molecular weight excluding hydrogens is 1000 g/mol. The highest BCUT2D eigenvalue weighted by Gasteiger charge is 2.60. The summed E-state index contributed by atoms with van der Waals surface area (Å²) >= 11 is 7.69. The van der Waals surface area contributed by atoms with E-state index in [0.717, 1.165) is 55.0 Å². The lowest BCUT2D eigenvalue weighted by Crippen LogP contribution is -2.45. The van der Waals surface area contributed by atoms with Crippen molar-refractivity contribution in [3.63, 3.8) is 0 Å². The van der Waals surface area contributed by atoms with Crippen LogP contribution in [-0.4, -0.2) is 0 Å². The summed E-state index contributed by atoms with van der Waals surface area (Å²) in [7, 11) is 0. The van der Waals surface area contributed by atoms with Gasteiger partial charge in [-0.2, -0.15) is 0 Å². The predicted octanol–water partition coefficient (Wildman–Crippen LogP) is 20.3. The molecule has 4 aromatic heterocycles. The highest BCUT2D eigenvalue weighted by molar-refractivity contribution is 7.99. The first-order valence-corrected chi connectivity index (χ1v) is 29.0. The maximum absolute atomic E-state index is 7.06. The molecule has 0 unspecified atom stereocenters. The van der Waals surface area contributed by atoms with E-state index in [1.54, 1.807) is 0 Å². The van der Waals surface area contributed by atoms with Crippen molar-refractivity contribution < 1.29 is 8.83 Å². The maximum Gasteiger partial charge on any atom is 0.144 e. The smallest absolute Gasteiger partial charge is 0.144 e. The van der Waals surface area contributed by atoms with E-state index in [4.69, 9.17) is 8.83 Å². The fraction of sp³-hybridized carbons (Fsp3) is 0.0286. The molecule has 2 nitrogen and oxygen atoms in total. The minimum absolute atomic E-state index is 0.714. The van der Waals surface area contributed by atoms with E-state index in [1.807, 2.05) is 46.2 Å². The molecule has 356 valence electrons. The third-order valence-corrected chi connectivity index (χ3v) is 21.1. The topological polar surface area (TPSA) is 26.3 Å². The van der Waals surface area contributed by atoms with Gasteiger partial charge in [-0.25, -0.2) is 0 Å². The highest BCUT2D eigenvalue weighted by Crippen LogP contribution is 2.70. The number of hydrogen-bond acceptors (Lipinski definition) is 6. The highest BCUT2D eigenvalue weighted by atomic mass is 32.2. The third-order valence-electron chi connectivity index (χ3n) is 16.3. The van der Waals surface area contributed by atoms with Crippen molar-refractivity contribution in [1.29, 1.82) is 0 Å². The normalized spacial score (nSPS) is 14.4. The molecule has 14 aromatic rings. The van der Waals surface area contributed by atoms with Crippen molar-refractivity contribution >= 4 is 90.1 Å². The quantitative estimate of drug-likeness (QED) is 0.175. The average Bonchev–Trinajstić information content (AvgIpc) is 4.47. The molecule has 10 aromatic carbocycles. The van der Waals surface area contributed by atoms with Gasteiger partial charge in [0.1, 0.15) is 22.3 Å². The van der Waals surface area contributed by atoms with E-state index < -0.39 is 10.8 Å². The van der Waals surface area contributed by atoms with Crippen molar-refractivity contribution in [2.75, 3.05) is 0 Å². The van der Waals surface area contributed by atoms with Gasteiger partial charge in [-0.15, -0.1) is 22.7 Å². The van der Waals surface area contributed by atoms with Crippen molar-refractivity contribution in [1.82, 2.24) is 0 Å². The zero-order valence-electron chi connectivity index (χ0n) is 40.5. The lowest BCUT2D eigenvalue weighted by atomic mass is 9.55. The number of furan rings is 2. The van der Waals surface area contributed by atoms with E-state index >= 15 is 0 Å². The zero-order valence-corrected chi connectivity index (χ0v) is 43.8. The summed E-state index contributed by atoms with van der Waals surface area (Å²) in [6.45, 7) is 0. The Morgan fingerprint density at radius 2 is 0.618 bits per heavy atom. The molecule has 76 heavy (non-hydrogen) atoms. The van der Waals surface area contributed by atoms with Gasteiger partial charge in [0.2, 0.25) is 0 Å². The van der Waals surface area contributed by atoms with E-state index in [2.05, 4.69) is 243 Å². The number of thiophene rings is 2. The molecule has 2 aliphatic heterocycles. The molecular formula is C70H40O2S4. The van der Waals surface area contributed by atoms with Gasteiger partial charge in [-0.05, 0) is 128 Å². The molecule has 0 atom stereocenters. The Kier molecular flexibility index (Phi) is 9.20. The first-order valence-electron chi connectivity index (χ1n) is 25.7. The summed E-state index contributed by atoms with van der Waals surface area (Å²) in [6.07, 6.45) is 0. The van der Waals surface area contributed by atoms with Crippen LogP contribution in [-0.2, 0) is 10.8 Å². The van der Waals surface area contributed by atoms with E-state index in [-0.39, 0.29) is 0 Å². The fourth-order valence-corrected chi connectivity index (χ4v) is 18.4. The second-order valence-corrected chi connectivity index (χ2v) is 24.4. The molecule has 6 heterocycles. The van der Waals surface area contributed by atoms with Gasteiger partial charge in [-0.3, -0.25) is 0 Å². The van der Waals surface area contributed by atoms with Gasteiger partial charge in [-0.1, -0.05) is 193 Å². The third kappa shape index (κ3) is 5.85. The molecule has 0 bridgehead atoms. The zero-order chi connectivity index (χ0) is 49.7. The van der Waals surface area contributed by atoms with Crippen LogP contribution in [0.15, 0.2) is 271 Å². The molecule has 3 aliphatic rings. The monoisotopic (exact) mass is 1040 g/mol. The van der Waals surface area contributed by atoms with Crippen LogP contribution in [0.25, 0.3) is 87.0 Å². The van der Waals surface area contributed by atoms with Gasteiger partial charge in [0.25, 0.3) is 0 Å². The Hall–Kier alpha value is -8.10. The molecule has 0 radical (unpaired) electrons. The summed E-state index contributed by atoms with van der Waals surface area (Å²) in [6, 6.07) is 90.2. The Bertz CT molecular complexity index is 4290. The Morgan fingerprint density at radius 3 is 1.01 bits per heavy atom. The lowest BCUT2D eigenvalue weighted by molar-refractivity contribution is 0.609. The molecule has 0 fully saturated rings. The number of benzene rings is 10. The summed E-state index contributed by atoms with van der Waals surface area (Å²) in [5.41, 5.74) is 16.9. The summed E-state index contributed by atoms with van der Waals surface area (Å²) in [5.74, 6) is 0. The average molecular weight is 1040 g/mol. The Balaban J connectivity index is 1.06. The molecule has 17 rings (SSSR count). The molecule has 2 spiro atoms. The number of hydrogen-bond donors (Lipinski definition) is 0. The van der Waals surface area contributed by atoms with E-state index in [1.165, 1.54) is 94.7 Å². The fourth-order valence-electron chi connectivity index (χ4n) is 13.1. The lowest BCUT2D eigenvalue weighted by Gasteiger charge is -2.51. The summed E-state index contributed by atoms with van der Waals surface area (Å²) < 4.78 is 14.1. The molecule has 0 saturated heterocycles. The minimum atomic E-state index is -0.714. The van der Waals surface area contributed by atoms with Gasteiger partial charge < -0.3 is 8.83 Å². The standard InChI is InChI=1S/C70H40O2S4/c1-3-19-41(20-4-1)43-35-47-45-23-7-13-29-57(45)71-65(47)49(37-43)63-39-55-67(75-63)70(53-27-11-17-33-61(53)74-62-34-18-12-28-54(62)70)56-40-64(76-68(56)69(55)51-25-9-15-31-59(51)73-60-32-16-10-26-52(60)69)50-38-44(42-21-5-2-6-22-42)36-48-46-24-8-14-30-58(46)72-66(48)50/h1-40H. The number of fused-ring (bicyclic) bond motifs is 20. The molecule has 0 saturated carbocycles. The van der Waals surface area contributed by atoms with Crippen LogP contribution in [0.5, 0.6) is 0 Å². The molecule has 0 N–H and O–H groups in total. The van der Waals surface area contributed by atoms with Gasteiger partial charge in [0, 0.05) is 71.8 Å². The number of rotatable bonds is 4. The van der Waals surface area contributed by atoms with Gasteiger partial charge in [0.15, 0.2) is 0 Å². The van der Waals surface area contributed by atoms with Crippen LogP contribution in [0.1, 0.15) is 43.1 Å². The minimum Gasteiger partial charge on any atom is -0.455 e. The van der Waals surface area contributed by atoms with Crippen molar-refractivity contribution in [2.24, 2.45) is 0 Å². The van der Waals surface area contributed by atoms with Gasteiger partial charge in [0.05, 0.1) is 10.8 Å². The second kappa shape index (κ2) is 16.2. The Labute approximate surface area is 454 Å². The first kappa shape index (κ1) is 43.2.